The summed E-state index contributed by atoms with van der Waals surface area (Å²) in [7, 11) is 0. The predicted octanol–water partition coefficient (Wildman–Crippen LogP) is 17.2. The molecule has 2 heterocycles. The number of anilines is 3. The third-order valence-corrected chi connectivity index (χ3v) is 15.0. The minimum absolute atomic E-state index is 0.126. The Morgan fingerprint density at radius 1 is 0.420 bits per heavy atom. The molecular weight excluding hydrogens is 1100 g/mol. The fourth-order valence-corrected chi connectivity index (χ4v) is 11.1. The standard InChI is InChI=1S/C73H92N7O8/c1-48-39-56-62(43-52(48)44-66(81)85-70(5,6)7)79(53-33-27-25-28-34-53)64-46-60(50(3)41-58(64)74-56)77(68(83)87-72(11,12)13)37-31-23-21-19-17-18-20-22-24-32-38-78(69(84)88-73(14,15)16)61-47-65-59(42-51(61)4)75-57-40-49(2)55(76-67(82)86-71(8,9)10)45-63(57)80(65)54-35-29-26-30-36-54/h25-30,33-36,39-43,45-47H,17-24,31-32,37-38,44H2,1-16H3/q+1/p+1. The molecule has 0 atom stereocenters. The normalized spacial score (nSPS) is 12.2. The zero-order chi connectivity index (χ0) is 63.9. The molecule has 88 heavy (non-hydrogen) atoms. The molecule has 0 bridgehead atoms. The molecule has 0 radical (unpaired) electrons. The van der Waals surface area contributed by atoms with E-state index in [2.05, 4.69) is 38.7 Å². The predicted molar refractivity (Wildman–Crippen MR) is 353 cm³/mol. The number of nitrogens with zero attached hydrogens (tertiary/aromatic N) is 6. The van der Waals surface area contributed by atoms with E-state index >= 15 is 0 Å². The SMILES string of the molecule is Cc1cc2nc3cc(C)c(N(CCCCCCCCCCCCN(C(=O)OC(C)(C)C)c4cc5c(cc4C)nc4cc(C)c(NC(=O)OC(C)(C)C)cc4[n+]5-c4ccccc4)C(=O)OC(C)(C)C)cc3[n+](-c3ccccc3)c2cc1CC(=O)OC(C)(C)C. The van der Waals surface area contributed by atoms with Gasteiger partial charge in [-0.25, -0.2) is 24.4 Å². The molecule has 0 aliphatic carbocycles. The van der Waals surface area contributed by atoms with Crippen LogP contribution in [-0.4, -0.2) is 69.7 Å². The number of benzene rings is 6. The van der Waals surface area contributed by atoms with E-state index in [9.17, 15) is 19.2 Å². The Morgan fingerprint density at radius 2 is 0.773 bits per heavy atom. The number of carbonyl (C=O) groups is 4. The highest BCUT2D eigenvalue weighted by Gasteiger charge is 2.31. The van der Waals surface area contributed by atoms with Gasteiger partial charge in [-0.2, -0.15) is 0 Å². The first kappa shape index (κ1) is 65.8. The van der Waals surface area contributed by atoms with Gasteiger partial charge in [0.05, 0.1) is 23.5 Å². The van der Waals surface area contributed by atoms with E-state index < -0.39 is 40.7 Å². The van der Waals surface area contributed by atoms with Gasteiger partial charge >= 0.3 is 24.2 Å². The van der Waals surface area contributed by atoms with Crippen molar-refractivity contribution in [1.82, 2.24) is 9.97 Å². The van der Waals surface area contributed by atoms with Crippen LogP contribution in [0.25, 0.3) is 55.5 Å². The van der Waals surface area contributed by atoms with E-state index in [1.165, 1.54) is 0 Å². The van der Waals surface area contributed by atoms with Crippen molar-refractivity contribution in [3.05, 3.63) is 137 Å². The summed E-state index contributed by atoms with van der Waals surface area (Å²) < 4.78 is 27.8. The number of esters is 1. The van der Waals surface area contributed by atoms with Gasteiger partial charge in [0.1, 0.15) is 44.5 Å². The van der Waals surface area contributed by atoms with Crippen LogP contribution in [0.2, 0.25) is 0 Å². The van der Waals surface area contributed by atoms with E-state index in [1.807, 2.05) is 196 Å². The highest BCUT2D eigenvalue weighted by atomic mass is 16.6. The smallest absolute Gasteiger partial charge is 0.414 e. The number of unbranched alkanes of at least 4 members (excludes halogenated alkanes) is 9. The maximum atomic E-state index is 14.2. The highest BCUT2D eigenvalue weighted by Crippen LogP contribution is 2.33. The van der Waals surface area contributed by atoms with Crippen molar-refractivity contribution in [2.24, 2.45) is 0 Å². The first-order valence-electron chi connectivity index (χ1n) is 31.4. The largest absolute Gasteiger partial charge is 0.460 e. The van der Waals surface area contributed by atoms with Crippen LogP contribution < -0.4 is 24.3 Å². The minimum atomic E-state index is -0.704. The van der Waals surface area contributed by atoms with E-state index in [0.29, 0.717) is 18.8 Å². The molecule has 0 spiro atoms. The first-order valence-corrected chi connectivity index (χ1v) is 31.4. The van der Waals surface area contributed by atoms with E-state index in [0.717, 1.165) is 159 Å². The number of carbonyl (C=O) groups excluding carboxylic acids is 4. The maximum absolute atomic E-state index is 14.2. The lowest BCUT2D eigenvalue weighted by Crippen LogP contribution is -2.38. The Hall–Kier alpha value is -8.20. The van der Waals surface area contributed by atoms with Gasteiger partial charge in [-0.15, -0.1) is 9.13 Å². The summed E-state index contributed by atoms with van der Waals surface area (Å²) in [4.78, 5) is 68.5. The molecular formula is C73H93N7O8+2. The average Bonchev–Trinajstić information content (AvgIpc) is 1.81. The summed E-state index contributed by atoms with van der Waals surface area (Å²) >= 11 is 0. The monoisotopic (exact) mass is 1200 g/mol. The number of nitrogens with one attached hydrogen (secondary N) is 1. The summed E-state index contributed by atoms with van der Waals surface area (Å²) in [5, 5.41) is 2.96. The zero-order valence-corrected chi connectivity index (χ0v) is 55.0. The Bertz CT molecular complexity index is 3590. The van der Waals surface area contributed by atoms with Crippen molar-refractivity contribution in [3.63, 3.8) is 0 Å². The molecule has 2 aromatic heterocycles. The zero-order valence-electron chi connectivity index (χ0n) is 55.0. The summed E-state index contributed by atoms with van der Waals surface area (Å²) in [6, 6.07) is 36.4. The molecule has 0 unspecified atom stereocenters. The average molecular weight is 1200 g/mol. The van der Waals surface area contributed by atoms with E-state index in [4.69, 9.17) is 28.9 Å². The molecule has 8 aromatic rings. The quantitative estimate of drug-likeness (QED) is 0.0256. The lowest BCUT2D eigenvalue weighted by atomic mass is 10.0. The van der Waals surface area contributed by atoms with Crippen LogP contribution in [0.4, 0.5) is 31.4 Å². The van der Waals surface area contributed by atoms with Crippen LogP contribution in [0.1, 0.15) is 175 Å². The van der Waals surface area contributed by atoms with Crippen LogP contribution in [0, 0.1) is 27.7 Å². The number of fused-ring (bicyclic) bond motifs is 4. The van der Waals surface area contributed by atoms with Gasteiger partial charge in [-0.1, -0.05) is 87.8 Å². The number of aryl methyl sites for hydroxylation is 4. The van der Waals surface area contributed by atoms with Crippen LogP contribution >= 0.6 is 0 Å². The third kappa shape index (κ3) is 17.3. The number of para-hydroxylation sites is 2. The second-order valence-corrected chi connectivity index (χ2v) is 27.4. The number of amides is 3. The molecule has 15 nitrogen and oxygen atoms in total. The van der Waals surface area contributed by atoms with Gasteiger partial charge in [0, 0.05) is 61.6 Å². The van der Waals surface area contributed by atoms with E-state index in [-0.39, 0.29) is 12.4 Å². The van der Waals surface area contributed by atoms with Crippen LogP contribution in [0.5, 0.6) is 0 Å². The highest BCUT2D eigenvalue weighted by molar-refractivity contribution is 5.96. The number of aromatic nitrogens is 4. The van der Waals surface area contributed by atoms with Crippen LogP contribution in [0.15, 0.2) is 109 Å². The van der Waals surface area contributed by atoms with Gasteiger partial charge in [0.25, 0.3) is 0 Å². The lowest BCUT2D eigenvalue weighted by Gasteiger charge is -2.28. The molecule has 0 aliphatic heterocycles. The molecule has 8 rings (SSSR count). The number of ether oxygens (including phenoxy) is 4. The molecule has 466 valence electrons. The van der Waals surface area contributed by atoms with Gasteiger partial charge in [0.2, 0.25) is 33.4 Å². The Morgan fingerprint density at radius 3 is 1.17 bits per heavy atom. The number of rotatable bonds is 20. The van der Waals surface area contributed by atoms with Crippen LogP contribution in [0.3, 0.4) is 0 Å². The Labute approximate surface area is 520 Å². The van der Waals surface area contributed by atoms with Gasteiger partial charge < -0.3 is 18.9 Å². The molecule has 1 N–H and O–H groups in total. The maximum Gasteiger partial charge on any atom is 0.414 e. The molecule has 0 fully saturated rings. The molecule has 15 heteroatoms. The summed E-state index contributed by atoms with van der Waals surface area (Å²) in [5.74, 6) is -0.292. The number of hydrogen-bond donors (Lipinski definition) is 1. The second kappa shape index (κ2) is 27.5. The van der Waals surface area contributed by atoms with Crippen molar-refractivity contribution >= 4 is 85.4 Å². The number of hydrogen-bond acceptors (Lipinski definition) is 10. The molecule has 3 amide bonds. The molecule has 0 saturated heterocycles. The fraction of sp³-hybridized carbons (Fsp3) is 0.452. The van der Waals surface area contributed by atoms with Crippen molar-refractivity contribution in [2.45, 2.75) is 204 Å². The van der Waals surface area contributed by atoms with E-state index in [1.54, 1.807) is 9.80 Å². The molecule has 0 saturated carbocycles. The third-order valence-electron chi connectivity index (χ3n) is 15.0. The van der Waals surface area contributed by atoms with Gasteiger partial charge in [0.15, 0.2) is 0 Å². The van der Waals surface area contributed by atoms with Crippen molar-refractivity contribution in [2.75, 3.05) is 28.2 Å². The lowest BCUT2D eigenvalue weighted by molar-refractivity contribution is -0.538. The second-order valence-electron chi connectivity index (χ2n) is 27.4. The van der Waals surface area contributed by atoms with Crippen molar-refractivity contribution < 1.29 is 47.3 Å². The fourth-order valence-electron chi connectivity index (χ4n) is 11.1. The first-order chi connectivity index (χ1) is 41.4. The Kier molecular flexibility index (Phi) is 20.5. The van der Waals surface area contributed by atoms with Crippen molar-refractivity contribution in [3.8, 4) is 11.4 Å². The summed E-state index contributed by atoms with van der Waals surface area (Å²) in [6.45, 7) is 31.4. The molecule has 0 aliphatic rings. The van der Waals surface area contributed by atoms with Crippen LogP contribution in [-0.2, 0) is 30.2 Å². The van der Waals surface area contributed by atoms with Gasteiger partial charge in [-0.3, -0.25) is 19.9 Å². The van der Waals surface area contributed by atoms with Crippen molar-refractivity contribution in [1.29, 1.82) is 0 Å². The summed E-state index contributed by atoms with van der Waals surface area (Å²) in [6.07, 6.45) is 8.80. The summed E-state index contributed by atoms with van der Waals surface area (Å²) in [5.41, 5.74) is 12.1. The molecule has 6 aromatic carbocycles. The van der Waals surface area contributed by atoms with Gasteiger partial charge in [-0.05, 0) is 176 Å². The minimum Gasteiger partial charge on any atom is -0.460 e. The Balaban J connectivity index is 0.922. The topological polar surface area (TPSA) is 157 Å².